The maximum Gasteiger partial charge on any atom is 0.323 e. The largest absolute Gasteiger partial charge is 0.480 e. The number of benzene rings is 1. The second kappa shape index (κ2) is 5.57. The van der Waals surface area contributed by atoms with Crippen LogP contribution in [0.2, 0.25) is 5.02 Å². The Balaban J connectivity index is 2.24. The first-order valence-corrected chi connectivity index (χ1v) is 6.32. The number of aliphatic carboxylic acids is 1. The topological polar surface area (TPSA) is 57.6 Å². The lowest BCUT2D eigenvalue weighted by Crippen LogP contribution is -2.37. The molecule has 1 aliphatic rings. The van der Waals surface area contributed by atoms with Gasteiger partial charge in [0.1, 0.15) is 12.4 Å². The number of amides is 1. The Morgan fingerprint density at radius 3 is 2.63 bits per heavy atom. The molecule has 1 saturated carbocycles. The molecule has 0 unspecified atom stereocenters. The van der Waals surface area contributed by atoms with Crippen LogP contribution in [-0.4, -0.2) is 35.0 Å². The van der Waals surface area contributed by atoms with Gasteiger partial charge in [-0.25, -0.2) is 4.39 Å². The van der Waals surface area contributed by atoms with Gasteiger partial charge in [-0.2, -0.15) is 0 Å². The van der Waals surface area contributed by atoms with E-state index in [9.17, 15) is 14.0 Å². The van der Waals surface area contributed by atoms with Gasteiger partial charge in [0, 0.05) is 6.54 Å². The molecule has 6 heteroatoms. The third kappa shape index (κ3) is 3.44. The van der Waals surface area contributed by atoms with E-state index in [1.165, 1.54) is 12.1 Å². The molecule has 2 rings (SSSR count). The first kappa shape index (κ1) is 13.8. The summed E-state index contributed by atoms with van der Waals surface area (Å²) in [7, 11) is 0. The molecule has 1 aromatic carbocycles. The lowest BCUT2D eigenvalue weighted by atomic mass is 10.1. The lowest BCUT2D eigenvalue weighted by Gasteiger charge is -2.21. The van der Waals surface area contributed by atoms with Crippen LogP contribution in [0.5, 0.6) is 0 Å². The monoisotopic (exact) mass is 285 g/mol. The molecule has 102 valence electrons. The highest BCUT2D eigenvalue weighted by atomic mass is 35.5. The summed E-state index contributed by atoms with van der Waals surface area (Å²) in [6, 6.07) is 3.94. The minimum Gasteiger partial charge on any atom is -0.480 e. The van der Waals surface area contributed by atoms with Crippen molar-refractivity contribution in [3.63, 3.8) is 0 Å². The van der Waals surface area contributed by atoms with Crippen molar-refractivity contribution in [2.45, 2.75) is 12.8 Å². The zero-order valence-electron chi connectivity index (χ0n) is 10.1. The maximum atomic E-state index is 13.7. The molecule has 1 aromatic rings. The third-order valence-corrected chi connectivity index (χ3v) is 3.28. The van der Waals surface area contributed by atoms with E-state index in [2.05, 4.69) is 0 Å². The van der Waals surface area contributed by atoms with Crippen molar-refractivity contribution in [2.24, 2.45) is 5.92 Å². The molecule has 0 aliphatic heterocycles. The summed E-state index contributed by atoms with van der Waals surface area (Å²) in [6.45, 7) is -0.115. The average Bonchev–Trinajstić information content (AvgIpc) is 3.11. The van der Waals surface area contributed by atoms with Gasteiger partial charge in [0.15, 0.2) is 0 Å². The van der Waals surface area contributed by atoms with E-state index in [0.29, 0.717) is 12.5 Å². The van der Waals surface area contributed by atoms with Gasteiger partial charge in [-0.15, -0.1) is 0 Å². The van der Waals surface area contributed by atoms with Gasteiger partial charge in [-0.3, -0.25) is 9.59 Å². The predicted octanol–water partition coefficient (Wildman–Crippen LogP) is 2.42. The molecule has 0 bridgehead atoms. The zero-order chi connectivity index (χ0) is 14.0. The Hall–Kier alpha value is -1.62. The summed E-state index contributed by atoms with van der Waals surface area (Å²) in [5.74, 6) is -2.21. The Morgan fingerprint density at radius 2 is 2.11 bits per heavy atom. The van der Waals surface area contributed by atoms with Gasteiger partial charge in [-0.05, 0) is 30.9 Å². The molecule has 0 aromatic heterocycles. The first-order chi connectivity index (χ1) is 8.99. The quantitative estimate of drug-likeness (QED) is 0.904. The summed E-state index contributed by atoms with van der Waals surface area (Å²) in [5.41, 5.74) is -0.258. The van der Waals surface area contributed by atoms with Gasteiger partial charge < -0.3 is 10.0 Å². The fourth-order valence-electron chi connectivity index (χ4n) is 1.85. The van der Waals surface area contributed by atoms with Crippen LogP contribution in [0.15, 0.2) is 18.2 Å². The van der Waals surface area contributed by atoms with E-state index in [0.717, 1.165) is 23.8 Å². The molecule has 0 saturated heterocycles. The number of nitrogens with zero attached hydrogens (tertiary/aromatic N) is 1. The second-order valence-electron chi connectivity index (χ2n) is 4.62. The lowest BCUT2D eigenvalue weighted by molar-refractivity contribution is -0.137. The maximum absolute atomic E-state index is 13.7. The molecule has 4 nitrogen and oxygen atoms in total. The summed E-state index contributed by atoms with van der Waals surface area (Å²) in [5, 5.41) is 8.83. The molecular weight excluding hydrogens is 273 g/mol. The van der Waals surface area contributed by atoms with Crippen LogP contribution >= 0.6 is 11.6 Å². The van der Waals surface area contributed by atoms with Crippen molar-refractivity contribution in [2.75, 3.05) is 13.1 Å². The van der Waals surface area contributed by atoms with Crippen molar-refractivity contribution in [3.8, 4) is 0 Å². The third-order valence-electron chi connectivity index (χ3n) is 2.97. The van der Waals surface area contributed by atoms with Gasteiger partial charge in [0.05, 0.1) is 10.6 Å². The van der Waals surface area contributed by atoms with Crippen molar-refractivity contribution in [3.05, 3.63) is 34.6 Å². The Morgan fingerprint density at radius 1 is 1.42 bits per heavy atom. The molecular formula is C13H13ClFNO3. The van der Waals surface area contributed by atoms with Crippen molar-refractivity contribution in [1.29, 1.82) is 0 Å². The molecule has 0 heterocycles. The minimum atomic E-state index is -1.12. The first-order valence-electron chi connectivity index (χ1n) is 5.94. The smallest absolute Gasteiger partial charge is 0.323 e. The molecule has 0 radical (unpaired) electrons. The fourth-order valence-corrected chi connectivity index (χ4v) is 2.10. The van der Waals surface area contributed by atoms with Crippen LogP contribution in [0.4, 0.5) is 4.39 Å². The number of carboxylic acids is 1. The predicted molar refractivity (Wildman–Crippen MR) is 67.7 cm³/mol. The minimum absolute atomic E-state index is 0.00353. The molecule has 1 fully saturated rings. The Kier molecular flexibility index (Phi) is 4.04. The summed E-state index contributed by atoms with van der Waals surface area (Å²) >= 11 is 5.82. The number of hydrogen-bond acceptors (Lipinski definition) is 2. The standard InChI is InChI=1S/C13H13ClFNO3/c14-9-2-1-3-10(15)12(9)13(19)16(7-11(17)18)6-8-4-5-8/h1-3,8H,4-7H2,(H,17,18). The van der Waals surface area contributed by atoms with Gasteiger partial charge in [0.25, 0.3) is 5.91 Å². The fraction of sp³-hybridized carbons (Fsp3) is 0.385. The number of rotatable bonds is 5. The van der Waals surface area contributed by atoms with E-state index in [4.69, 9.17) is 16.7 Å². The van der Waals surface area contributed by atoms with E-state index >= 15 is 0 Å². The van der Waals surface area contributed by atoms with Crippen LogP contribution < -0.4 is 0 Å². The average molecular weight is 286 g/mol. The van der Waals surface area contributed by atoms with Gasteiger partial charge in [0.2, 0.25) is 0 Å². The molecule has 19 heavy (non-hydrogen) atoms. The van der Waals surface area contributed by atoms with Gasteiger partial charge in [-0.1, -0.05) is 17.7 Å². The van der Waals surface area contributed by atoms with Crippen LogP contribution in [0.1, 0.15) is 23.2 Å². The number of carbonyl (C=O) groups excluding carboxylic acids is 1. The number of hydrogen-bond donors (Lipinski definition) is 1. The summed E-state index contributed by atoms with van der Waals surface area (Å²) < 4.78 is 13.7. The summed E-state index contributed by atoms with van der Waals surface area (Å²) in [6.07, 6.45) is 1.93. The number of halogens is 2. The SMILES string of the molecule is O=C(O)CN(CC1CC1)C(=O)c1c(F)cccc1Cl. The van der Waals surface area contributed by atoms with Crippen molar-refractivity contribution in [1.82, 2.24) is 4.90 Å². The molecule has 1 aliphatic carbocycles. The molecule has 0 spiro atoms. The van der Waals surface area contributed by atoms with E-state index in [1.807, 2.05) is 0 Å². The van der Waals surface area contributed by atoms with E-state index in [1.54, 1.807) is 0 Å². The molecule has 0 atom stereocenters. The highest BCUT2D eigenvalue weighted by Gasteiger charge is 2.30. The van der Waals surface area contributed by atoms with E-state index < -0.39 is 24.2 Å². The zero-order valence-corrected chi connectivity index (χ0v) is 10.9. The Labute approximate surface area is 114 Å². The highest BCUT2D eigenvalue weighted by Crippen LogP contribution is 2.31. The summed E-state index contributed by atoms with van der Waals surface area (Å²) in [4.78, 5) is 24.2. The Bertz CT molecular complexity index is 496. The van der Waals surface area contributed by atoms with Crippen molar-refractivity contribution < 1.29 is 19.1 Å². The van der Waals surface area contributed by atoms with Gasteiger partial charge >= 0.3 is 5.97 Å². The number of carbonyl (C=O) groups is 2. The number of carboxylic acid groups (broad SMARTS) is 1. The van der Waals surface area contributed by atoms with E-state index in [-0.39, 0.29) is 10.6 Å². The van der Waals surface area contributed by atoms with Crippen LogP contribution in [-0.2, 0) is 4.79 Å². The van der Waals surface area contributed by atoms with Crippen molar-refractivity contribution >= 4 is 23.5 Å². The van der Waals surface area contributed by atoms with Crippen LogP contribution in [0.25, 0.3) is 0 Å². The highest BCUT2D eigenvalue weighted by molar-refractivity contribution is 6.33. The normalized spacial score (nSPS) is 14.2. The molecule has 1 N–H and O–H groups in total. The second-order valence-corrected chi connectivity index (χ2v) is 5.03. The van der Waals surface area contributed by atoms with Crippen LogP contribution in [0, 0.1) is 11.7 Å². The molecule has 1 amide bonds. The van der Waals surface area contributed by atoms with Crippen LogP contribution in [0.3, 0.4) is 0 Å².